The molecule has 3 nitrogen and oxygen atoms in total. The van der Waals surface area contributed by atoms with Crippen molar-refractivity contribution in [2.75, 3.05) is 13.2 Å². The molecule has 0 bridgehead atoms. The molecule has 1 unspecified atom stereocenters. The monoisotopic (exact) mass is 210 g/mol. The van der Waals surface area contributed by atoms with Crippen LogP contribution in [0.25, 0.3) is 0 Å². The van der Waals surface area contributed by atoms with Gasteiger partial charge in [-0.2, -0.15) is 0 Å². The van der Waals surface area contributed by atoms with E-state index in [0.29, 0.717) is 19.6 Å². The number of ketones is 2. The molecule has 1 saturated heterocycles. The lowest BCUT2D eigenvalue weighted by molar-refractivity contribution is -0.138. The van der Waals surface area contributed by atoms with E-state index in [1.807, 2.05) is 0 Å². The van der Waals surface area contributed by atoms with Crippen LogP contribution < -0.4 is 0 Å². The number of ether oxygens (including phenoxy) is 1. The lowest BCUT2D eigenvalue weighted by Gasteiger charge is -2.26. The molecule has 0 N–H and O–H groups in total. The van der Waals surface area contributed by atoms with Gasteiger partial charge >= 0.3 is 0 Å². The maximum Gasteiger partial charge on any atom is 0.146 e. The quantitative estimate of drug-likeness (QED) is 0.652. The normalized spacial score (nSPS) is 29.1. The fourth-order valence-electron chi connectivity index (χ4n) is 2.55. The summed E-state index contributed by atoms with van der Waals surface area (Å²) in [7, 11) is 0. The van der Waals surface area contributed by atoms with Gasteiger partial charge in [0, 0.05) is 25.6 Å². The average molecular weight is 210 g/mol. The Balaban J connectivity index is 1.95. The first-order valence-electron chi connectivity index (χ1n) is 5.93. The molecule has 1 saturated carbocycles. The SMILES string of the molecule is O=C1CCCCC1C(=O)C1CCOCC1. The van der Waals surface area contributed by atoms with Crippen molar-refractivity contribution >= 4 is 11.6 Å². The minimum atomic E-state index is -0.276. The summed E-state index contributed by atoms with van der Waals surface area (Å²) in [4.78, 5) is 23.7. The third kappa shape index (κ3) is 2.46. The molecular weight excluding hydrogens is 192 g/mol. The molecule has 2 rings (SSSR count). The smallest absolute Gasteiger partial charge is 0.146 e. The highest BCUT2D eigenvalue weighted by Gasteiger charge is 2.33. The van der Waals surface area contributed by atoms with Crippen molar-refractivity contribution in [2.45, 2.75) is 38.5 Å². The summed E-state index contributed by atoms with van der Waals surface area (Å²) in [5, 5.41) is 0. The van der Waals surface area contributed by atoms with Crippen LogP contribution in [0.1, 0.15) is 38.5 Å². The summed E-state index contributed by atoms with van der Waals surface area (Å²) in [5.41, 5.74) is 0. The topological polar surface area (TPSA) is 43.4 Å². The number of carbonyl (C=O) groups is 2. The van der Waals surface area contributed by atoms with Gasteiger partial charge in [0.05, 0.1) is 5.92 Å². The van der Waals surface area contributed by atoms with Gasteiger partial charge in [0.25, 0.3) is 0 Å². The predicted octanol–water partition coefficient (Wildman–Crippen LogP) is 1.74. The fourth-order valence-corrected chi connectivity index (χ4v) is 2.55. The van der Waals surface area contributed by atoms with Crippen LogP contribution in [-0.4, -0.2) is 24.8 Å². The lowest BCUT2D eigenvalue weighted by Crippen LogP contribution is -2.34. The van der Waals surface area contributed by atoms with Crippen LogP contribution in [-0.2, 0) is 14.3 Å². The molecule has 0 radical (unpaired) electrons. The number of Topliss-reactive ketones (excluding diaryl/α,β-unsaturated/α-hetero) is 2. The van der Waals surface area contributed by atoms with Gasteiger partial charge in [-0.05, 0) is 25.7 Å². The van der Waals surface area contributed by atoms with Gasteiger partial charge < -0.3 is 4.74 Å². The van der Waals surface area contributed by atoms with Gasteiger partial charge in [-0.15, -0.1) is 0 Å². The Bertz CT molecular complexity index is 254. The van der Waals surface area contributed by atoms with Crippen molar-refractivity contribution in [3.63, 3.8) is 0 Å². The Morgan fingerprint density at radius 2 is 1.87 bits per heavy atom. The number of rotatable bonds is 2. The molecule has 1 aliphatic carbocycles. The first kappa shape index (κ1) is 10.8. The summed E-state index contributed by atoms with van der Waals surface area (Å²) < 4.78 is 5.23. The van der Waals surface area contributed by atoms with E-state index in [2.05, 4.69) is 0 Å². The molecule has 0 aromatic heterocycles. The lowest BCUT2D eigenvalue weighted by atomic mass is 9.78. The minimum absolute atomic E-state index is 0.0887. The summed E-state index contributed by atoms with van der Waals surface area (Å²) in [5.74, 6) is 0.188. The van der Waals surface area contributed by atoms with E-state index in [-0.39, 0.29) is 23.4 Å². The second-order valence-corrected chi connectivity index (χ2v) is 4.55. The summed E-state index contributed by atoms with van der Waals surface area (Å²) in [6.07, 6.45) is 5.02. The third-order valence-electron chi connectivity index (χ3n) is 3.52. The van der Waals surface area contributed by atoms with Crippen LogP contribution in [0.15, 0.2) is 0 Å². The minimum Gasteiger partial charge on any atom is -0.381 e. The standard InChI is InChI=1S/C12H18O3/c13-11-4-2-1-3-10(11)12(14)9-5-7-15-8-6-9/h9-10H,1-8H2. The first-order valence-corrected chi connectivity index (χ1v) is 5.93. The fraction of sp³-hybridized carbons (Fsp3) is 0.833. The second kappa shape index (κ2) is 4.88. The number of hydrogen-bond acceptors (Lipinski definition) is 3. The average Bonchev–Trinajstić information content (AvgIpc) is 2.30. The van der Waals surface area contributed by atoms with E-state index in [0.717, 1.165) is 32.1 Å². The molecule has 2 fully saturated rings. The Hall–Kier alpha value is -0.700. The molecule has 84 valence electrons. The highest BCUT2D eigenvalue weighted by atomic mass is 16.5. The molecule has 2 aliphatic rings. The van der Waals surface area contributed by atoms with Crippen LogP contribution in [0.3, 0.4) is 0 Å². The van der Waals surface area contributed by atoms with Gasteiger partial charge in [-0.25, -0.2) is 0 Å². The van der Waals surface area contributed by atoms with Gasteiger partial charge in [-0.3, -0.25) is 9.59 Å². The van der Waals surface area contributed by atoms with E-state index in [4.69, 9.17) is 4.74 Å². The molecule has 0 amide bonds. The van der Waals surface area contributed by atoms with Crippen LogP contribution >= 0.6 is 0 Å². The number of carbonyl (C=O) groups excluding carboxylic acids is 2. The maximum absolute atomic E-state index is 12.1. The van der Waals surface area contributed by atoms with Crippen molar-refractivity contribution in [2.24, 2.45) is 11.8 Å². The Labute approximate surface area is 90.2 Å². The molecule has 1 atom stereocenters. The van der Waals surface area contributed by atoms with Crippen LogP contribution in [0, 0.1) is 11.8 Å². The molecule has 0 spiro atoms. The Morgan fingerprint density at radius 3 is 2.53 bits per heavy atom. The van der Waals surface area contributed by atoms with Gasteiger partial charge in [-0.1, -0.05) is 6.42 Å². The van der Waals surface area contributed by atoms with Gasteiger partial charge in [0.2, 0.25) is 0 Å². The molecule has 0 aromatic carbocycles. The van der Waals surface area contributed by atoms with E-state index >= 15 is 0 Å². The molecule has 15 heavy (non-hydrogen) atoms. The maximum atomic E-state index is 12.1. The molecule has 1 heterocycles. The Morgan fingerprint density at radius 1 is 1.13 bits per heavy atom. The second-order valence-electron chi connectivity index (χ2n) is 4.55. The van der Waals surface area contributed by atoms with Gasteiger partial charge in [0.15, 0.2) is 0 Å². The summed E-state index contributed by atoms with van der Waals surface area (Å²) >= 11 is 0. The van der Waals surface area contributed by atoms with Crippen LogP contribution in [0.4, 0.5) is 0 Å². The zero-order chi connectivity index (χ0) is 10.7. The van der Waals surface area contributed by atoms with E-state index in [1.54, 1.807) is 0 Å². The molecular formula is C12H18O3. The first-order chi connectivity index (χ1) is 7.29. The van der Waals surface area contributed by atoms with Crippen molar-refractivity contribution in [1.82, 2.24) is 0 Å². The highest BCUT2D eigenvalue weighted by Crippen LogP contribution is 2.27. The van der Waals surface area contributed by atoms with Crippen LogP contribution in [0.5, 0.6) is 0 Å². The zero-order valence-electron chi connectivity index (χ0n) is 9.04. The van der Waals surface area contributed by atoms with Crippen molar-refractivity contribution < 1.29 is 14.3 Å². The van der Waals surface area contributed by atoms with Crippen molar-refractivity contribution in [3.8, 4) is 0 Å². The van der Waals surface area contributed by atoms with Crippen molar-refractivity contribution in [1.29, 1.82) is 0 Å². The Kier molecular flexibility index (Phi) is 3.52. The van der Waals surface area contributed by atoms with Crippen molar-refractivity contribution in [3.05, 3.63) is 0 Å². The highest BCUT2D eigenvalue weighted by molar-refractivity contribution is 6.03. The molecule has 1 aliphatic heterocycles. The van der Waals surface area contributed by atoms with E-state index in [9.17, 15) is 9.59 Å². The number of hydrogen-bond donors (Lipinski definition) is 0. The van der Waals surface area contributed by atoms with E-state index in [1.165, 1.54) is 0 Å². The predicted molar refractivity (Wildman–Crippen MR) is 55.5 cm³/mol. The largest absolute Gasteiger partial charge is 0.381 e. The third-order valence-corrected chi connectivity index (χ3v) is 3.52. The summed E-state index contributed by atoms with van der Waals surface area (Å²) in [6.45, 7) is 1.36. The summed E-state index contributed by atoms with van der Waals surface area (Å²) in [6, 6.07) is 0. The van der Waals surface area contributed by atoms with Crippen LogP contribution in [0.2, 0.25) is 0 Å². The zero-order valence-corrected chi connectivity index (χ0v) is 9.04. The molecule has 3 heteroatoms. The van der Waals surface area contributed by atoms with Gasteiger partial charge in [0.1, 0.15) is 11.6 Å². The molecule has 0 aromatic rings. The van der Waals surface area contributed by atoms with E-state index < -0.39 is 0 Å².